The van der Waals surface area contributed by atoms with Crippen LogP contribution >= 0.6 is 0 Å². The molecule has 0 bridgehead atoms. The summed E-state index contributed by atoms with van der Waals surface area (Å²) in [7, 11) is 0. The van der Waals surface area contributed by atoms with Gasteiger partial charge in [0.15, 0.2) is 0 Å². The highest BCUT2D eigenvalue weighted by molar-refractivity contribution is 5.92. The first kappa shape index (κ1) is 8.96. The van der Waals surface area contributed by atoms with Crippen molar-refractivity contribution in [2.75, 3.05) is 26.3 Å². The Bertz CT molecular complexity index is 196. The topological polar surface area (TPSA) is 49.4 Å². The van der Waals surface area contributed by atoms with E-state index in [-0.39, 0.29) is 24.9 Å². The number of rotatable bonds is 3. The number of amides is 2. The Hall–Kier alpha value is -1.13. The number of hydrogen-bond donors (Lipinski definition) is 1. The van der Waals surface area contributed by atoms with Crippen molar-refractivity contribution in [1.29, 1.82) is 0 Å². The molecule has 1 N–H and O–H groups in total. The van der Waals surface area contributed by atoms with Gasteiger partial charge in [-0.1, -0.05) is 0 Å². The number of carbonyl (C=O) groups excluding carboxylic acids is 2. The van der Waals surface area contributed by atoms with E-state index in [1.165, 1.54) is 4.90 Å². The molecule has 0 unspecified atom stereocenters. The van der Waals surface area contributed by atoms with Crippen LogP contribution in [-0.2, 0) is 9.59 Å². The number of hydrogen-bond acceptors (Lipinski definition) is 2. The average molecular weight is 174 g/mol. The molecule has 0 spiro atoms. The van der Waals surface area contributed by atoms with Gasteiger partial charge < -0.3 is 10.2 Å². The van der Waals surface area contributed by atoms with Crippen molar-refractivity contribution < 1.29 is 14.0 Å². The van der Waals surface area contributed by atoms with Gasteiger partial charge in [-0.25, -0.2) is 0 Å². The lowest BCUT2D eigenvalue weighted by atomic mass is 10.3. The van der Waals surface area contributed by atoms with Gasteiger partial charge in [0, 0.05) is 6.54 Å². The van der Waals surface area contributed by atoms with Gasteiger partial charge in [0.25, 0.3) is 0 Å². The first-order valence-corrected chi connectivity index (χ1v) is 3.84. The largest absolute Gasteiger partial charge is 0.345 e. The van der Waals surface area contributed by atoms with Gasteiger partial charge in [0.1, 0.15) is 0 Å². The maximum Gasteiger partial charge on any atom is 0.242 e. The number of nitrogens with zero attached hydrogens (tertiary/aromatic N) is 1. The summed E-state index contributed by atoms with van der Waals surface area (Å²) in [6, 6.07) is 0. The van der Waals surface area contributed by atoms with Gasteiger partial charge in [-0.2, -0.15) is 0 Å². The molecule has 0 radical (unpaired) electrons. The molecule has 0 atom stereocenters. The van der Waals surface area contributed by atoms with E-state index >= 15 is 0 Å². The zero-order valence-electron chi connectivity index (χ0n) is 6.68. The van der Waals surface area contributed by atoms with Gasteiger partial charge in [-0.15, -0.1) is 0 Å². The van der Waals surface area contributed by atoms with E-state index in [4.69, 9.17) is 0 Å². The molecule has 68 valence electrons. The minimum absolute atomic E-state index is 0.0467. The highest BCUT2D eigenvalue weighted by Crippen LogP contribution is 1.97. The lowest BCUT2D eigenvalue weighted by Gasteiger charge is -2.25. The molecule has 0 saturated carbocycles. The van der Waals surface area contributed by atoms with Crippen LogP contribution < -0.4 is 5.32 Å². The molecule has 4 nitrogen and oxygen atoms in total. The SMILES string of the molecule is O=C1CN(CCCF)C(=O)CN1. The second-order valence-electron chi connectivity index (χ2n) is 2.63. The Morgan fingerprint density at radius 1 is 1.50 bits per heavy atom. The van der Waals surface area contributed by atoms with Crippen molar-refractivity contribution in [2.45, 2.75) is 6.42 Å². The third-order valence-electron chi connectivity index (χ3n) is 1.69. The molecule has 0 aromatic carbocycles. The maximum atomic E-state index is 11.7. The summed E-state index contributed by atoms with van der Waals surface area (Å²) in [4.78, 5) is 23.2. The van der Waals surface area contributed by atoms with E-state index < -0.39 is 6.67 Å². The molecule has 1 saturated heterocycles. The Morgan fingerprint density at radius 2 is 2.25 bits per heavy atom. The maximum absolute atomic E-state index is 11.7. The highest BCUT2D eigenvalue weighted by Gasteiger charge is 2.21. The van der Waals surface area contributed by atoms with Crippen molar-refractivity contribution in [3.63, 3.8) is 0 Å². The molecule has 0 aromatic rings. The summed E-state index contributed by atoms with van der Waals surface area (Å²) in [5, 5.41) is 2.41. The van der Waals surface area contributed by atoms with Crippen LogP contribution in [0, 0.1) is 0 Å². The lowest BCUT2D eigenvalue weighted by molar-refractivity contribution is -0.140. The number of halogens is 1. The molecule has 2 amide bonds. The van der Waals surface area contributed by atoms with Crippen LogP contribution in [0.5, 0.6) is 0 Å². The third-order valence-corrected chi connectivity index (χ3v) is 1.69. The number of nitrogens with one attached hydrogen (secondary N) is 1. The number of alkyl halides is 1. The second-order valence-corrected chi connectivity index (χ2v) is 2.63. The third kappa shape index (κ3) is 2.18. The zero-order valence-corrected chi connectivity index (χ0v) is 6.68. The number of piperazine rings is 1. The van der Waals surface area contributed by atoms with Gasteiger partial charge in [0.05, 0.1) is 19.8 Å². The Morgan fingerprint density at radius 3 is 2.92 bits per heavy atom. The van der Waals surface area contributed by atoms with Crippen LogP contribution in [0.3, 0.4) is 0 Å². The van der Waals surface area contributed by atoms with Crippen molar-refractivity contribution in [1.82, 2.24) is 10.2 Å². The van der Waals surface area contributed by atoms with Crippen molar-refractivity contribution in [3.05, 3.63) is 0 Å². The van der Waals surface area contributed by atoms with Crippen LogP contribution in [0.4, 0.5) is 4.39 Å². The van der Waals surface area contributed by atoms with Gasteiger partial charge in [-0.3, -0.25) is 14.0 Å². The molecule has 0 aliphatic carbocycles. The molecule has 1 aliphatic rings. The first-order chi connectivity index (χ1) is 5.74. The average Bonchev–Trinajstić information content (AvgIpc) is 2.07. The number of carbonyl (C=O) groups is 2. The van der Waals surface area contributed by atoms with E-state index in [2.05, 4.69) is 5.32 Å². The molecule has 1 rings (SSSR count). The van der Waals surface area contributed by atoms with Crippen LogP contribution in [0.2, 0.25) is 0 Å². The summed E-state index contributed by atoms with van der Waals surface area (Å²) in [5.74, 6) is -0.309. The second kappa shape index (κ2) is 4.04. The summed E-state index contributed by atoms with van der Waals surface area (Å²) in [5.41, 5.74) is 0. The fraction of sp³-hybridized carbons (Fsp3) is 0.714. The van der Waals surface area contributed by atoms with Crippen molar-refractivity contribution >= 4 is 11.8 Å². The molecule has 12 heavy (non-hydrogen) atoms. The quantitative estimate of drug-likeness (QED) is 0.615. The van der Waals surface area contributed by atoms with Crippen molar-refractivity contribution in [2.24, 2.45) is 0 Å². The van der Waals surface area contributed by atoms with Crippen LogP contribution in [0.25, 0.3) is 0 Å². The Labute approximate surface area is 69.7 Å². The van der Waals surface area contributed by atoms with Crippen LogP contribution in [0.15, 0.2) is 0 Å². The fourth-order valence-corrected chi connectivity index (χ4v) is 1.06. The van der Waals surface area contributed by atoms with E-state index in [1.54, 1.807) is 0 Å². The standard InChI is InChI=1S/C7H11FN2O2/c8-2-1-3-10-5-6(11)9-4-7(10)12/h1-5H2,(H,9,11). The summed E-state index contributed by atoms with van der Waals surface area (Å²) in [6.45, 7) is -0.00188. The van der Waals surface area contributed by atoms with E-state index in [0.29, 0.717) is 13.0 Å². The molecule has 1 aliphatic heterocycles. The first-order valence-electron chi connectivity index (χ1n) is 3.84. The molecule has 0 aromatic heterocycles. The highest BCUT2D eigenvalue weighted by atomic mass is 19.1. The Kier molecular flexibility index (Phi) is 3.01. The smallest absolute Gasteiger partial charge is 0.242 e. The van der Waals surface area contributed by atoms with E-state index in [0.717, 1.165) is 0 Å². The zero-order chi connectivity index (χ0) is 8.97. The monoisotopic (exact) mass is 174 g/mol. The lowest BCUT2D eigenvalue weighted by Crippen LogP contribution is -2.51. The van der Waals surface area contributed by atoms with Crippen LogP contribution in [0.1, 0.15) is 6.42 Å². The van der Waals surface area contributed by atoms with Gasteiger partial charge in [-0.05, 0) is 6.42 Å². The predicted octanol–water partition coefficient (Wildman–Crippen LogP) is -0.696. The molecular formula is C7H11FN2O2. The minimum Gasteiger partial charge on any atom is -0.345 e. The van der Waals surface area contributed by atoms with Crippen LogP contribution in [-0.4, -0.2) is 43.0 Å². The molecule has 1 heterocycles. The summed E-state index contributed by atoms with van der Waals surface area (Å²) < 4.78 is 11.7. The molecule has 1 fully saturated rings. The minimum atomic E-state index is -0.453. The van der Waals surface area contributed by atoms with E-state index in [9.17, 15) is 14.0 Å². The normalized spacial score (nSPS) is 17.9. The van der Waals surface area contributed by atoms with Gasteiger partial charge >= 0.3 is 0 Å². The predicted molar refractivity (Wildman–Crippen MR) is 40.2 cm³/mol. The Balaban J connectivity index is 2.38. The summed E-state index contributed by atoms with van der Waals surface area (Å²) >= 11 is 0. The van der Waals surface area contributed by atoms with Gasteiger partial charge in [0.2, 0.25) is 11.8 Å². The molecule has 5 heteroatoms. The van der Waals surface area contributed by atoms with E-state index in [1.807, 2.05) is 0 Å². The molecular weight excluding hydrogens is 163 g/mol. The van der Waals surface area contributed by atoms with Crippen molar-refractivity contribution in [3.8, 4) is 0 Å². The fourth-order valence-electron chi connectivity index (χ4n) is 1.06. The summed E-state index contributed by atoms with van der Waals surface area (Å²) in [6.07, 6.45) is 0.305.